The standard InChI is InChI=1S/C29H22FN3O5S2/c1-15-6-2-4-8-19(15)31-21(34)14-38-20-9-5-3-7-18(20)22-23-25(39-26-24(22)40-29(37)32-26)28(36)33(27(23)35)17-12-10-16(30)11-13-17/h2-13,22-23,25H,14H2,1H3,(H,31,34)(H,32,37)/t22-,23?,25?/m1/s1. The molecule has 3 aromatic carbocycles. The van der Waals surface area contributed by atoms with Crippen LogP contribution in [0.4, 0.5) is 15.8 Å². The Morgan fingerprint density at radius 1 is 1.00 bits per heavy atom. The summed E-state index contributed by atoms with van der Waals surface area (Å²) in [5, 5.41) is 2.55. The minimum atomic E-state index is -0.841. The lowest BCUT2D eigenvalue weighted by atomic mass is 9.82. The average Bonchev–Trinajstić information content (AvgIpc) is 3.44. The number of carbonyl (C=O) groups is 3. The number of aryl methyl sites for hydroxylation is 1. The van der Waals surface area contributed by atoms with Crippen LogP contribution in [0.1, 0.15) is 21.9 Å². The van der Waals surface area contributed by atoms with Gasteiger partial charge in [0.05, 0.1) is 16.6 Å². The van der Waals surface area contributed by atoms with Gasteiger partial charge in [-0.1, -0.05) is 59.5 Å². The fourth-order valence-corrected chi connectivity index (χ4v) is 7.61. The Kier molecular flexibility index (Phi) is 6.77. The molecule has 0 spiro atoms. The van der Waals surface area contributed by atoms with Crippen molar-refractivity contribution in [3.63, 3.8) is 0 Å². The zero-order valence-electron chi connectivity index (χ0n) is 21.1. The molecule has 0 bridgehead atoms. The number of aromatic amines is 1. The Morgan fingerprint density at radius 2 is 1.73 bits per heavy atom. The van der Waals surface area contributed by atoms with Crippen LogP contribution in [-0.2, 0) is 14.4 Å². The minimum Gasteiger partial charge on any atom is -0.483 e. The topological polar surface area (TPSA) is 109 Å². The van der Waals surface area contributed by atoms with Crippen LogP contribution in [0.15, 0.2) is 82.6 Å². The van der Waals surface area contributed by atoms with Crippen LogP contribution in [0.5, 0.6) is 5.75 Å². The summed E-state index contributed by atoms with van der Waals surface area (Å²) in [4.78, 5) is 56.7. The molecular formula is C29H22FN3O5S2. The van der Waals surface area contributed by atoms with Gasteiger partial charge in [-0.25, -0.2) is 9.29 Å². The van der Waals surface area contributed by atoms with E-state index in [-0.39, 0.29) is 23.1 Å². The van der Waals surface area contributed by atoms with Gasteiger partial charge in [-0.2, -0.15) is 0 Å². The molecule has 1 fully saturated rings. The van der Waals surface area contributed by atoms with E-state index in [1.54, 1.807) is 30.3 Å². The van der Waals surface area contributed by atoms with E-state index in [4.69, 9.17) is 4.74 Å². The molecule has 0 radical (unpaired) electrons. The number of carbonyl (C=O) groups excluding carboxylic acids is 3. The molecule has 2 unspecified atom stereocenters. The SMILES string of the molecule is Cc1ccccc1NC(=O)COc1ccccc1[C@H]1c2sc(=O)[nH]c2SC2C(=O)N(c3ccc(F)cc3)C(=O)C21. The average molecular weight is 576 g/mol. The first-order chi connectivity index (χ1) is 19.3. The van der Waals surface area contributed by atoms with Crippen molar-refractivity contribution in [2.75, 3.05) is 16.8 Å². The summed E-state index contributed by atoms with van der Waals surface area (Å²) < 4.78 is 19.5. The van der Waals surface area contributed by atoms with Crippen LogP contribution in [0, 0.1) is 18.7 Å². The second-order valence-electron chi connectivity index (χ2n) is 9.43. The second kappa shape index (κ2) is 10.4. The summed E-state index contributed by atoms with van der Waals surface area (Å²) in [7, 11) is 0. The molecule has 2 aliphatic heterocycles. The summed E-state index contributed by atoms with van der Waals surface area (Å²) in [5.41, 5.74) is 2.45. The van der Waals surface area contributed by atoms with Gasteiger partial charge in [0.15, 0.2) is 6.61 Å². The molecule has 3 atom stereocenters. The Labute approximate surface area is 236 Å². The molecule has 40 heavy (non-hydrogen) atoms. The number of aromatic nitrogens is 1. The van der Waals surface area contributed by atoms with Crippen molar-refractivity contribution >= 4 is 52.2 Å². The first-order valence-electron chi connectivity index (χ1n) is 12.4. The minimum absolute atomic E-state index is 0.277. The van der Waals surface area contributed by atoms with E-state index in [1.165, 1.54) is 24.3 Å². The van der Waals surface area contributed by atoms with Crippen molar-refractivity contribution in [3.05, 3.63) is 104 Å². The van der Waals surface area contributed by atoms with Crippen molar-refractivity contribution in [3.8, 4) is 5.75 Å². The maximum atomic E-state index is 13.9. The number of hydrogen-bond donors (Lipinski definition) is 2. The predicted octanol–water partition coefficient (Wildman–Crippen LogP) is 4.70. The Balaban J connectivity index is 1.34. The number of ether oxygens (including phenoxy) is 1. The molecule has 1 saturated heterocycles. The number of halogens is 1. The summed E-state index contributed by atoms with van der Waals surface area (Å²) in [6.07, 6.45) is 0. The van der Waals surface area contributed by atoms with Crippen LogP contribution in [0.25, 0.3) is 0 Å². The van der Waals surface area contributed by atoms with E-state index in [0.29, 0.717) is 26.9 Å². The number of para-hydroxylation sites is 2. The quantitative estimate of drug-likeness (QED) is 0.323. The second-order valence-corrected chi connectivity index (χ2v) is 11.6. The number of nitrogens with zero attached hydrogens (tertiary/aromatic N) is 1. The number of imide groups is 1. The van der Waals surface area contributed by atoms with E-state index in [9.17, 15) is 23.6 Å². The van der Waals surface area contributed by atoms with Crippen LogP contribution >= 0.6 is 23.1 Å². The first-order valence-corrected chi connectivity index (χ1v) is 14.1. The molecule has 4 aromatic rings. The maximum absolute atomic E-state index is 13.9. The predicted molar refractivity (Wildman–Crippen MR) is 151 cm³/mol. The number of amides is 3. The number of fused-ring (bicyclic) bond motifs is 2. The fourth-order valence-electron chi connectivity index (χ4n) is 5.11. The zero-order chi connectivity index (χ0) is 28.0. The van der Waals surface area contributed by atoms with Crippen molar-refractivity contribution in [2.24, 2.45) is 5.92 Å². The number of thioether (sulfide) groups is 1. The number of H-pyrrole nitrogens is 1. The molecule has 2 N–H and O–H groups in total. The van der Waals surface area contributed by atoms with Crippen molar-refractivity contribution in [1.29, 1.82) is 0 Å². The lowest BCUT2D eigenvalue weighted by Gasteiger charge is -2.30. The lowest BCUT2D eigenvalue weighted by molar-refractivity contribution is -0.122. The highest BCUT2D eigenvalue weighted by atomic mass is 32.2. The molecule has 3 amide bonds. The zero-order valence-corrected chi connectivity index (χ0v) is 22.7. The molecule has 1 aromatic heterocycles. The maximum Gasteiger partial charge on any atom is 0.305 e. The van der Waals surface area contributed by atoms with Gasteiger partial charge in [-0.3, -0.25) is 19.2 Å². The normalized spacial score (nSPS) is 19.8. The Bertz CT molecular complexity index is 1700. The number of benzene rings is 3. The van der Waals surface area contributed by atoms with Crippen molar-refractivity contribution in [1.82, 2.24) is 4.98 Å². The van der Waals surface area contributed by atoms with Gasteiger partial charge in [0.2, 0.25) is 11.8 Å². The van der Waals surface area contributed by atoms with Gasteiger partial charge in [-0.15, -0.1) is 0 Å². The highest BCUT2D eigenvalue weighted by Gasteiger charge is 2.56. The number of anilines is 2. The van der Waals surface area contributed by atoms with Gasteiger partial charge in [0.25, 0.3) is 5.91 Å². The number of thiazole rings is 1. The van der Waals surface area contributed by atoms with Crippen LogP contribution in [0.3, 0.4) is 0 Å². The van der Waals surface area contributed by atoms with Crippen molar-refractivity contribution in [2.45, 2.75) is 23.1 Å². The van der Waals surface area contributed by atoms with E-state index < -0.39 is 34.7 Å². The highest BCUT2D eigenvalue weighted by molar-refractivity contribution is 8.00. The largest absolute Gasteiger partial charge is 0.483 e. The summed E-state index contributed by atoms with van der Waals surface area (Å²) in [6.45, 7) is 1.60. The van der Waals surface area contributed by atoms with Gasteiger partial charge < -0.3 is 15.0 Å². The molecule has 2 aliphatic rings. The first kappa shape index (κ1) is 26.0. The summed E-state index contributed by atoms with van der Waals surface area (Å²) in [5.74, 6) is -2.88. The molecule has 0 saturated carbocycles. The smallest absolute Gasteiger partial charge is 0.305 e. The van der Waals surface area contributed by atoms with Gasteiger partial charge in [-0.05, 0) is 48.9 Å². The third kappa shape index (κ3) is 4.61. The van der Waals surface area contributed by atoms with E-state index >= 15 is 0 Å². The van der Waals surface area contributed by atoms with E-state index in [1.807, 2.05) is 25.1 Å². The molecule has 202 valence electrons. The Hall–Kier alpha value is -4.22. The summed E-state index contributed by atoms with van der Waals surface area (Å²) in [6, 6.07) is 19.6. The summed E-state index contributed by atoms with van der Waals surface area (Å²) >= 11 is 2.13. The molecule has 6 rings (SSSR count). The van der Waals surface area contributed by atoms with Gasteiger partial charge >= 0.3 is 4.87 Å². The third-order valence-electron chi connectivity index (χ3n) is 6.94. The lowest BCUT2D eigenvalue weighted by Crippen LogP contribution is -2.32. The highest BCUT2D eigenvalue weighted by Crippen LogP contribution is 2.54. The molecular weight excluding hydrogens is 553 g/mol. The fraction of sp³-hybridized carbons (Fsp3) is 0.172. The third-order valence-corrected chi connectivity index (χ3v) is 9.34. The molecule has 11 heteroatoms. The number of hydrogen-bond acceptors (Lipinski definition) is 7. The van der Waals surface area contributed by atoms with Crippen molar-refractivity contribution < 1.29 is 23.5 Å². The molecule has 0 aliphatic carbocycles. The van der Waals surface area contributed by atoms with Crippen LogP contribution in [-0.4, -0.2) is 34.6 Å². The van der Waals surface area contributed by atoms with Crippen LogP contribution in [0.2, 0.25) is 0 Å². The molecule has 8 nitrogen and oxygen atoms in total. The van der Waals surface area contributed by atoms with E-state index in [2.05, 4.69) is 10.3 Å². The van der Waals surface area contributed by atoms with Gasteiger partial charge in [0.1, 0.15) is 16.8 Å². The monoisotopic (exact) mass is 575 g/mol. The van der Waals surface area contributed by atoms with Gasteiger partial charge in [0, 0.05) is 22.0 Å². The molecule has 3 heterocycles. The number of rotatable bonds is 6. The van der Waals surface area contributed by atoms with E-state index in [0.717, 1.165) is 33.6 Å². The Morgan fingerprint density at radius 3 is 2.50 bits per heavy atom. The van der Waals surface area contributed by atoms with Crippen LogP contribution < -0.4 is 19.8 Å². The number of nitrogens with one attached hydrogen (secondary N) is 2.